The van der Waals surface area contributed by atoms with Crippen LogP contribution in [0.3, 0.4) is 0 Å². The molecule has 1 aromatic heterocycles. The van der Waals surface area contributed by atoms with E-state index in [1.54, 1.807) is 12.1 Å². The van der Waals surface area contributed by atoms with E-state index in [-0.39, 0.29) is 19.0 Å². The molecule has 6 heteroatoms. The minimum Gasteiger partial charge on any atom is -0.326 e. The Bertz CT molecular complexity index is 1150. The number of benzene rings is 2. The van der Waals surface area contributed by atoms with Crippen LogP contribution in [0.5, 0.6) is 0 Å². The van der Waals surface area contributed by atoms with E-state index >= 15 is 0 Å². The number of anilines is 2. The van der Waals surface area contributed by atoms with Crippen LogP contribution in [0.25, 0.3) is 10.9 Å². The number of pyridine rings is 1. The summed E-state index contributed by atoms with van der Waals surface area (Å²) < 4.78 is 0. The fraction of sp³-hybridized carbons (Fsp3) is 0.217. The van der Waals surface area contributed by atoms with Gasteiger partial charge in [0.2, 0.25) is 0 Å². The van der Waals surface area contributed by atoms with Crippen LogP contribution in [0.4, 0.5) is 11.5 Å². The van der Waals surface area contributed by atoms with Gasteiger partial charge in [0.15, 0.2) is 0 Å². The van der Waals surface area contributed by atoms with E-state index in [1.807, 2.05) is 24.3 Å². The number of rotatable bonds is 4. The Balaban J connectivity index is 1.62. The van der Waals surface area contributed by atoms with Crippen molar-refractivity contribution in [1.82, 2.24) is 9.88 Å². The van der Waals surface area contributed by atoms with Crippen LogP contribution >= 0.6 is 0 Å². The Morgan fingerprint density at radius 2 is 1.83 bits per heavy atom. The van der Waals surface area contributed by atoms with E-state index in [4.69, 9.17) is 15.5 Å². The third-order valence-corrected chi connectivity index (χ3v) is 5.13. The molecule has 0 N–H and O–H groups in total. The highest BCUT2D eigenvalue weighted by molar-refractivity contribution is 5.95. The van der Waals surface area contributed by atoms with Crippen molar-refractivity contribution in [3.05, 3.63) is 65.2 Å². The van der Waals surface area contributed by atoms with Gasteiger partial charge < -0.3 is 9.80 Å². The lowest BCUT2D eigenvalue weighted by Gasteiger charge is -2.20. The molecule has 29 heavy (non-hydrogen) atoms. The first kappa shape index (κ1) is 18.5. The fourth-order valence-electron chi connectivity index (χ4n) is 3.65. The van der Waals surface area contributed by atoms with Gasteiger partial charge in [-0.3, -0.25) is 4.79 Å². The number of carbonyl (C=O) groups is 1. The zero-order valence-electron chi connectivity index (χ0n) is 16.1. The molecule has 0 fully saturated rings. The normalized spacial score (nSPS) is 12.3. The van der Waals surface area contributed by atoms with Crippen LogP contribution in [0.1, 0.15) is 21.5 Å². The Labute approximate surface area is 169 Å². The molecule has 0 unspecified atom stereocenters. The standard InChI is InChI=1S/C23H19N5O/c1-16-2-3-18-15-19-8-11-28(22(19)26-21(18)14-16)20-6-4-17(5-7-20)23(29)27(12-9-24)13-10-25/h2-7,14-15H,8,11-13H2,1H3. The highest BCUT2D eigenvalue weighted by atomic mass is 16.2. The van der Waals surface area contributed by atoms with Crippen molar-refractivity contribution in [1.29, 1.82) is 10.5 Å². The summed E-state index contributed by atoms with van der Waals surface area (Å²) in [5, 5.41) is 18.9. The van der Waals surface area contributed by atoms with Gasteiger partial charge in [-0.25, -0.2) is 4.98 Å². The summed E-state index contributed by atoms with van der Waals surface area (Å²) in [7, 11) is 0. The molecular weight excluding hydrogens is 362 g/mol. The zero-order valence-corrected chi connectivity index (χ0v) is 16.1. The molecule has 4 rings (SSSR count). The first-order valence-electron chi connectivity index (χ1n) is 9.42. The lowest BCUT2D eigenvalue weighted by molar-refractivity contribution is 0.0794. The van der Waals surface area contributed by atoms with E-state index in [0.717, 1.165) is 35.4 Å². The first-order chi connectivity index (χ1) is 14.1. The van der Waals surface area contributed by atoms with Crippen molar-refractivity contribution < 1.29 is 4.79 Å². The number of hydrogen-bond acceptors (Lipinski definition) is 5. The summed E-state index contributed by atoms with van der Waals surface area (Å²) in [5.74, 6) is 0.638. The molecule has 1 amide bonds. The lowest BCUT2D eigenvalue weighted by atomic mass is 10.1. The number of nitrogens with zero attached hydrogens (tertiary/aromatic N) is 5. The number of amides is 1. The predicted octanol–water partition coefficient (Wildman–Crippen LogP) is 3.73. The van der Waals surface area contributed by atoms with Gasteiger partial charge in [-0.1, -0.05) is 12.1 Å². The lowest BCUT2D eigenvalue weighted by Crippen LogP contribution is -2.31. The topological polar surface area (TPSA) is 84.0 Å². The van der Waals surface area contributed by atoms with Gasteiger partial charge in [0, 0.05) is 23.2 Å². The molecule has 142 valence electrons. The fourth-order valence-corrected chi connectivity index (χ4v) is 3.65. The molecule has 0 saturated carbocycles. The van der Waals surface area contributed by atoms with E-state index in [1.165, 1.54) is 16.0 Å². The smallest absolute Gasteiger partial charge is 0.255 e. The van der Waals surface area contributed by atoms with Gasteiger partial charge in [-0.2, -0.15) is 10.5 Å². The molecule has 2 heterocycles. The predicted molar refractivity (Wildman–Crippen MR) is 111 cm³/mol. The summed E-state index contributed by atoms with van der Waals surface area (Å²) >= 11 is 0. The SMILES string of the molecule is Cc1ccc2cc3c(nc2c1)N(c1ccc(C(=O)N(CC#N)CC#N)cc1)CC3. The van der Waals surface area contributed by atoms with Crippen molar-refractivity contribution in [2.24, 2.45) is 0 Å². The molecule has 0 aliphatic carbocycles. The summed E-state index contributed by atoms with van der Waals surface area (Å²) in [5.41, 5.74) is 4.80. The van der Waals surface area contributed by atoms with Crippen LogP contribution in [0.15, 0.2) is 48.5 Å². The Morgan fingerprint density at radius 3 is 2.52 bits per heavy atom. The molecule has 3 aromatic rings. The highest BCUT2D eigenvalue weighted by Crippen LogP contribution is 2.35. The van der Waals surface area contributed by atoms with E-state index in [2.05, 4.69) is 36.1 Å². The number of aromatic nitrogens is 1. The highest BCUT2D eigenvalue weighted by Gasteiger charge is 2.23. The van der Waals surface area contributed by atoms with E-state index in [9.17, 15) is 4.79 Å². The second-order valence-electron chi connectivity index (χ2n) is 7.09. The van der Waals surface area contributed by atoms with E-state index < -0.39 is 0 Å². The maximum absolute atomic E-state index is 12.5. The summed E-state index contributed by atoms with van der Waals surface area (Å²) in [4.78, 5) is 20.8. The average Bonchev–Trinajstić information content (AvgIpc) is 3.14. The minimum atomic E-state index is -0.318. The van der Waals surface area contributed by atoms with Gasteiger partial charge in [0.05, 0.1) is 17.7 Å². The third-order valence-electron chi connectivity index (χ3n) is 5.13. The second kappa shape index (κ2) is 7.61. The Kier molecular flexibility index (Phi) is 4.85. The van der Waals surface area contributed by atoms with Crippen LogP contribution in [-0.2, 0) is 6.42 Å². The largest absolute Gasteiger partial charge is 0.326 e. The average molecular weight is 381 g/mol. The van der Waals surface area contributed by atoms with E-state index in [0.29, 0.717) is 5.56 Å². The molecule has 0 radical (unpaired) electrons. The molecule has 0 bridgehead atoms. The molecule has 1 aliphatic rings. The van der Waals surface area contributed by atoms with Crippen molar-refractivity contribution in [3.8, 4) is 12.1 Å². The first-order valence-corrected chi connectivity index (χ1v) is 9.42. The van der Waals surface area contributed by atoms with Crippen LogP contribution in [-0.4, -0.2) is 35.4 Å². The van der Waals surface area contributed by atoms with Gasteiger partial charge in [0.25, 0.3) is 5.91 Å². The summed E-state index contributed by atoms with van der Waals surface area (Å²) in [6, 6.07) is 19.6. The number of fused-ring (bicyclic) bond motifs is 2. The second-order valence-corrected chi connectivity index (χ2v) is 7.09. The minimum absolute atomic E-state index is 0.107. The van der Waals surface area contributed by atoms with Crippen LogP contribution in [0, 0.1) is 29.6 Å². The molecule has 2 aromatic carbocycles. The van der Waals surface area contributed by atoms with Gasteiger partial charge in [-0.05, 0) is 60.9 Å². The van der Waals surface area contributed by atoms with Gasteiger partial charge in [0.1, 0.15) is 18.9 Å². The maximum atomic E-state index is 12.5. The van der Waals surface area contributed by atoms with Crippen LogP contribution in [0.2, 0.25) is 0 Å². The molecular formula is C23H19N5O. The van der Waals surface area contributed by atoms with Gasteiger partial charge >= 0.3 is 0 Å². The molecule has 0 saturated heterocycles. The molecule has 6 nitrogen and oxygen atoms in total. The quantitative estimate of drug-likeness (QED) is 0.643. The van der Waals surface area contributed by atoms with Crippen molar-refractivity contribution in [2.75, 3.05) is 24.5 Å². The number of aryl methyl sites for hydroxylation is 1. The Morgan fingerprint density at radius 1 is 1.10 bits per heavy atom. The molecule has 1 aliphatic heterocycles. The number of hydrogen-bond donors (Lipinski definition) is 0. The number of nitriles is 2. The third kappa shape index (κ3) is 3.49. The van der Waals surface area contributed by atoms with Crippen LogP contribution < -0.4 is 4.90 Å². The molecule has 0 spiro atoms. The molecule has 0 atom stereocenters. The zero-order chi connectivity index (χ0) is 20.4. The summed E-state index contributed by atoms with van der Waals surface area (Å²) in [6.45, 7) is 2.68. The van der Waals surface area contributed by atoms with Crippen molar-refractivity contribution in [3.63, 3.8) is 0 Å². The monoisotopic (exact) mass is 381 g/mol. The Hall–Kier alpha value is -3.90. The van der Waals surface area contributed by atoms with Crippen molar-refractivity contribution >= 4 is 28.3 Å². The summed E-state index contributed by atoms with van der Waals surface area (Å²) in [6.07, 6.45) is 0.922. The van der Waals surface area contributed by atoms with Crippen molar-refractivity contribution in [2.45, 2.75) is 13.3 Å². The number of carbonyl (C=O) groups excluding carboxylic acids is 1. The maximum Gasteiger partial charge on any atom is 0.255 e. The van der Waals surface area contributed by atoms with Gasteiger partial charge in [-0.15, -0.1) is 0 Å².